The van der Waals surface area contributed by atoms with Crippen molar-refractivity contribution >= 4 is 0 Å². The van der Waals surface area contributed by atoms with Gasteiger partial charge in [-0.25, -0.2) is 0 Å². The van der Waals surface area contributed by atoms with Crippen LogP contribution in [0.1, 0.15) is 92.3 Å². The Morgan fingerprint density at radius 1 is 0.409 bits per heavy atom. The van der Waals surface area contributed by atoms with Gasteiger partial charge in [0.15, 0.2) is 0 Å². The molecule has 0 aromatic rings. The van der Waals surface area contributed by atoms with Crippen LogP contribution in [0.4, 0.5) is 0 Å². The Kier molecular flexibility index (Phi) is 8.42. The Bertz CT molecular complexity index is 256. The average molecular weight is 315 g/mol. The molecule has 3 rings (SSSR count). The van der Waals surface area contributed by atoms with E-state index in [9.17, 15) is 0 Å². The summed E-state index contributed by atoms with van der Waals surface area (Å²) >= 11 is 0. The SMILES string of the molecule is CC1CCC(C2CCC(C3CCC(C)CC3)CC2)CC1.O.O.[HH]. The molecule has 134 valence electrons. The van der Waals surface area contributed by atoms with E-state index in [1.54, 1.807) is 51.4 Å². The molecule has 0 amide bonds. The second-order valence-electron chi connectivity index (χ2n) is 8.71. The first kappa shape index (κ1) is 20.0. The number of hydrogen-bond donors (Lipinski definition) is 0. The van der Waals surface area contributed by atoms with Crippen LogP contribution in [0.2, 0.25) is 0 Å². The van der Waals surface area contributed by atoms with E-state index >= 15 is 0 Å². The molecule has 22 heavy (non-hydrogen) atoms. The summed E-state index contributed by atoms with van der Waals surface area (Å²) < 4.78 is 0. The molecule has 0 bridgehead atoms. The van der Waals surface area contributed by atoms with Gasteiger partial charge in [-0.05, 0) is 86.9 Å². The van der Waals surface area contributed by atoms with Crippen molar-refractivity contribution < 1.29 is 12.4 Å². The summed E-state index contributed by atoms with van der Waals surface area (Å²) in [7, 11) is 0. The van der Waals surface area contributed by atoms with E-state index in [2.05, 4.69) is 13.8 Å². The van der Waals surface area contributed by atoms with Gasteiger partial charge >= 0.3 is 0 Å². The van der Waals surface area contributed by atoms with Gasteiger partial charge in [-0.2, -0.15) is 0 Å². The molecule has 3 saturated carbocycles. The molecule has 0 radical (unpaired) electrons. The zero-order chi connectivity index (χ0) is 13.9. The van der Waals surface area contributed by atoms with Crippen LogP contribution in [-0.4, -0.2) is 11.0 Å². The van der Waals surface area contributed by atoms with E-state index < -0.39 is 0 Å². The van der Waals surface area contributed by atoms with Crippen molar-refractivity contribution in [2.45, 2.75) is 90.9 Å². The summed E-state index contributed by atoms with van der Waals surface area (Å²) in [5.41, 5.74) is 0. The van der Waals surface area contributed by atoms with Gasteiger partial charge < -0.3 is 11.0 Å². The fraction of sp³-hybridized carbons (Fsp3) is 1.00. The van der Waals surface area contributed by atoms with E-state index in [1.165, 1.54) is 25.7 Å². The molecule has 3 aliphatic carbocycles. The zero-order valence-corrected chi connectivity index (χ0v) is 14.9. The highest BCUT2D eigenvalue weighted by atomic mass is 16.0. The summed E-state index contributed by atoms with van der Waals surface area (Å²) in [4.78, 5) is 0. The quantitative estimate of drug-likeness (QED) is 0.685. The third kappa shape index (κ3) is 4.96. The van der Waals surface area contributed by atoms with Crippen molar-refractivity contribution in [3.8, 4) is 0 Å². The van der Waals surface area contributed by atoms with Gasteiger partial charge in [0.1, 0.15) is 0 Å². The molecule has 0 aliphatic heterocycles. The van der Waals surface area contributed by atoms with Gasteiger partial charge in [-0.15, -0.1) is 0 Å². The summed E-state index contributed by atoms with van der Waals surface area (Å²) in [6.07, 6.45) is 18.6. The maximum Gasteiger partial charge on any atom is 0 e. The first-order chi connectivity index (χ1) is 9.72. The molecule has 3 aliphatic rings. The van der Waals surface area contributed by atoms with E-state index in [0.717, 1.165) is 35.5 Å². The fourth-order valence-electron chi connectivity index (χ4n) is 5.60. The van der Waals surface area contributed by atoms with Gasteiger partial charge in [0.2, 0.25) is 0 Å². The van der Waals surface area contributed by atoms with Crippen molar-refractivity contribution in [2.75, 3.05) is 0 Å². The molecule has 2 heteroatoms. The van der Waals surface area contributed by atoms with E-state index in [4.69, 9.17) is 0 Å². The predicted octanol–water partition coefficient (Wildman–Crippen LogP) is 5.04. The minimum atomic E-state index is 0. The molecule has 3 fully saturated rings. The second kappa shape index (κ2) is 9.27. The molecule has 0 unspecified atom stereocenters. The molecule has 4 N–H and O–H groups in total. The largest absolute Gasteiger partial charge is 0.412 e. The summed E-state index contributed by atoms with van der Waals surface area (Å²) in [5.74, 6) is 6.48. The van der Waals surface area contributed by atoms with Crippen molar-refractivity contribution in [3.63, 3.8) is 0 Å². The van der Waals surface area contributed by atoms with Crippen LogP contribution in [-0.2, 0) is 0 Å². The highest BCUT2D eigenvalue weighted by Crippen LogP contribution is 2.45. The van der Waals surface area contributed by atoms with Crippen LogP contribution in [0.25, 0.3) is 0 Å². The third-order valence-corrected chi connectivity index (χ3v) is 7.27. The first-order valence-electron chi connectivity index (χ1n) is 9.72. The van der Waals surface area contributed by atoms with Crippen LogP contribution in [0.3, 0.4) is 0 Å². The average Bonchev–Trinajstić information content (AvgIpc) is 2.49. The van der Waals surface area contributed by atoms with Crippen molar-refractivity contribution in [2.24, 2.45) is 35.5 Å². The van der Waals surface area contributed by atoms with Gasteiger partial charge in [0.25, 0.3) is 0 Å². The monoisotopic (exact) mass is 314 g/mol. The Morgan fingerprint density at radius 2 is 0.591 bits per heavy atom. The maximum absolute atomic E-state index is 2.46. The van der Waals surface area contributed by atoms with Crippen LogP contribution in [0.5, 0.6) is 0 Å². The van der Waals surface area contributed by atoms with E-state index in [0.29, 0.717) is 0 Å². The molecular weight excluding hydrogens is 272 g/mol. The molecule has 0 atom stereocenters. The van der Waals surface area contributed by atoms with Crippen LogP contribution in [0.15, 0.2) is 0 Å². The lowest BCUT2D eigenvalue weighted by atomic mass is 9.65. The van der Waals surface area contributed by atoms with Crippen molar-refractivity contribution in [1.29, 1.82) is 0 Å². The fourth-order valence-corrected chi connectivity index (χ4v) is 5.60. The highest BCUT2D eigenvalue weighted by molar-refractivity contribution is 4.85. The Labute approximate surface area is 139 Å². The maximum atomic E-state index is 2.46. The van der Waals surface area contributed by atoms with Gasteiger partial charge in [0, 0.05) is 1.43 Å². The van der Waals surface area contributed by atoms with E-state index in [1.807, 2.05) is 0 Å². The second-order valence-corrected chi connectivity index (χ2v) is 8.71. The minimum Gasteiger partial charge on any atom is -0.412 e. The van der Waals surface area contributed by atoms with Crippen LogP contribution in [0, 0.1) is 35.5 Å². The Balaban J connectivity index is 0.00000161. The lowest BCUT2D eigenvalue weighted by Gasteiger charge is -2.41. The lowest BCUT2D eigenvalue weighted by molar-refractivity contribution is 0.108. The number of hydrogen-bond acceptors (Lipinski definition) is 0. The summed E-state index contributed by atoms with van der Waals surface area (Å²) in [5, 5.41) is 0. The van der Waals surface area contributed by atoms with Gasteiger partial charge in [-0.1, -0.05) is 39.5 Å². The van der Waals surface area contributed by atoms with Crippen LogP contribution < -0.4 is 0 Å². The first-order valence-corrected chi connectivity index (χ1v) is 9.72. The normalized spacial score (nSPS) is 42.8. The summed E-state index contributed by atoms with van der Waals surface area (Å²) in [6, 6.07) is 0. The molecule has 0 saturated heterocycles. The van der Waals surface area contributed by atoms with Crippen molar-refractivity contribution in [1.82, 2.24) is 0 Å². The molecular formula is C20H42O2. The standard InChI is InChI=1S/C20H36.2H2O.H2/c1-15-3-7-17(8-4-15)19-11-13-20(14-12-19)18-9-5-16(2)6-10-18;;;/h15-20H,3-14H2,1-2H3;2*1H2;1H. The predicted molar refractivity (Wildman–Crippen MR) is 97.0 cm³/mol. The van der Waals surface area contributed by atoms with Crippen LogP contribution >= 0.6 is 0 Å². The lowest BCUT2D eigenvalue weighted by Crippen LogP contribution is -2.29. The van der Waals surface area contributed by atoms with Crippen molar-refractivity contribution in [3.05, 3.63) is 0 Å². The third-order valence-electron chi connectivity index (χ3n) is 7.27. The number of rotatable bonds is 2. The molecule has 2 nitrogen and oxygen atoms in total. The molecule has 0 spiro atoms. The molecule has 0 aromatic carbocycles. The zero-order valence-electron chi connectivity index (χ0n) is 14.9. The molecule has 0 heterocycles. The summed E-state index contributed by atoms with van der Waals surface area (Å²) in [6.45, 7) is 4.91. The highest BCUT2D eigenvalue weighted by Gasteiger charge is 2.33. The smallest absolute Gasteiger partial charge is 0 e. The van der Waals surface area contributed by atoms with Gasteiger partial charge in [0.05, 0.1) is 0 Å². The topological polar surface area (TPSA) is 63.0 Å². The van der Waals surface area contributed by atoms with Gasteiger partial charge in [-0.3, -0.25) is 0 Å². The Hall–Kier alpha value is -0.0800. The van der Waals surface area contributed by atoms with E-state index in [-0.39, 0.29) is 12.4 Å². The molecule has 0 aromatic heterocycles. The minimum absolute atomic E-state index is 0. The Morgan fingerprint density at radius 3 is 0.818 bits per heavy atom.